The van der Waals surface area contributed by atoms with Gasteiger partial charge in [0.1, 0.15) is 5.69 Å². The molecule has 0 bridgehead atoms. The van der Waals surface area contributed by atoms with Crippen LogP contribution in [0.15, 0.2) is 18.2 Å². The summed E-state index contributed by atoms with van der Waals surface area (Å²) in [6.45, 7) is 1.96. The summed E-state index contributed by atoms with van der Waals surface area (Å²) in [5, 5.41) is 31.6. The molecule has 6 nitrogen and oxygen atoms in total. The van der Waals surface area contributed by atoms with Crippen molar-refractivity contribution in [1.29, 1.82) is 5.26 Å². The number of nitro benzene ring substituents is 1. The van der Waals surface area contributed by atoms with Crippen molar-refractivity contribution >= 4 is 11.4 Å². The van der Waals surface area contributed by atoms with Gasteiger partial charge < -0.3 is 10.4 Å². The molecule has 0 radical (unpaired) electrons. The first-order valence-corrected chi connectivity index (χ1v) is 5.68. The Morgan fingerprint density at radius 1 is 1.61 bits per heavy atom. The zero-order chi connectivity index (χ0) is 13.5. The number of benzene rings is 1. The molecule has 0 amide bonds. The Hall–Kier alpha value is -2.13. The Balaban J connectivity index is 3.01. The van der Waals surface area contributed by atoms with Crippen molar-refractivity contribution in [2.75, 3.05) is 11.9 Å². The van der Waals surface area contributed by atoms with Crippen LogP contribution in [0.4, 0.5) is 11.4 Å². The van der Waals surface area contributed by atoms with Gasteiger partial charge in [0.15, 0.2) is 0 Å². The number of rotatable bonds is 6. The van der Waals surface area contributed by atoms with Crippen LogP contribution in [0.3, 0.4) is 0 Å². The Morgan fingerprint density at radius 3 is 2.83 bits per heavy atom. The van der Waals surface area contributed by atoms with E-state index >= 15 is 0 Å². The van der Waals surface area contributed by atoms with Crippen molar-refractivity contribution in [3.05, 3.63) is 33.9 Å². The first-order chi connectivity index (χ1) is 8.62. The van der Waals surface area contributed by atoms with Gasteiger partial charge in [-0.2, -0.15) is 5.26 Å². The molecule has 0 heterocycles. The van der Waals surface area contributed by atoms with E-state index in [0.717, 1.165) is 6.42 Å². The molecule has 1 atom stereocenters. The molecule has 1 aromatic rings. The molecule has 0 aliphatic carbocycles. The van der Waals surface area contributed by atoms with E-state index in [4.69, 9.17) is 10.4 Å². The maximum Gasteiger partial charge on any atom is 0.293 e. The summed E-state index contributed by atoms with van der Waals surface area (Å²) in [6.07, 6.45) is 1.27. The highest BCUT2D eigenvalue weighted by molar-refractivity contribution is 5.64. The third-order valence-corrected chi connectivity index (χ3v) is 2.65. The number of nitrogens with one attached hydrogen (secondary N) is 1. The lowest BCUT2D eigenvalue weighted by molar-refractivity contribution is -0.384. The van der Waals surface area contributed by atoms with Crippen molar-refractivity contribution in [2.24, 2.45) is 0 Å². The quantitative estimate of drug-likeness (QED) is 0.593. The zero-order valence-corrected chi connectivity index (χ0v) is 10.1. The molecule has 0 aliphatic rings. The van der Waals surface area contributed by atoms with Gasteiger partial charge in [-0.05, 0) is 25.0 Å². The van der Waals surface area contributed by atoms with E-state index in [-0.39, 0.29) is 23.9 Å². The van der Waals surface area contributed by atoms with Gasteiger partial charge in [-0.1, -0.05) is 6.92 Å². The molecule has 1 rings (SSSR count). The van der Waals surface area contributed by atoms with E-state index in [1.54, 1.807) is 0 Å². The normalized spacial score (nSPS) is 11.6. The van der Waals surface area contributed by atoms with Crippen LogP contribution in [0.1, 0.15) is 25.3 Å². The fraction of sp³-hybridized carbons (Fsp3) is 0.417. The molecule has 1 aromatic carbocycles. The summed E-state index contributed by atoms with van der Waals surface area (Å²) >= 11 is 0. The van der Waals surface area contributed by atoms with Crippen molar-refractivity contribution in [3.63, 3.8) is 0 Å². The average molecular weight is 249 g/mol. The van der Waals surface area contributed by atoms with Crippen molar-refractivity contribution in [1.82, 2.24) is 0 Å². The number of nitriles is 1. The van der Waals surface area contributed by atoms with Crippen LogP contribution < -0.4 is 5.32 Å². The number of hydrogen-bond acceptors (Lipinski definition) is 5. The van der Waals surface area contributed by atoms with Gasteiger partial charge in [0.25, 0.3) is 5.69 Å². The van der Waals surface area contributed by atoms with Crippen molar-refractivity contribution in [2.45, 2.75) is 25.8 Å². The number of aliphatic hydroxyl groups is 1. The number of hydrogen-bond donors (Lipinski definition) is 2. The topological polar surface area (TPSA) is 99.2 Å². The monoisotopic (exact) mass is 249 g/mol. The van der Waals surface area contributed by atoms with E-state index in [2.05, 4.69) is 5.32 Å². The first kappa shape index (κ1) is 13.9. The highest BCUT2D eigenvalue weighted by Crippen LogP contribution is 2.26. The summed E-state index contributed by atoms with van der Waals surface area (Å²) in [5.74, 6) is 0. The lowest BCUT2D eigenvalue weighted by Crippen LogP contribution is -2.20. The number of aliphatic hydroxyl groups excluding tert-OH is 1. The van der Waals surface area contributed by atoms with Crippen molar-refractivity contribution < 1.29 is 10.0 Å². The largest absolute Gasteiger partial charge is 0.396 e. The van der Waals surface area contributed by atoms with Crippen LogP contribution in [0.5, 0.6) is 0 Å². The minimum absolute atomic E-state index is 0.0234. The lowest BCUT2D eigenvalue weighted by atomic mass is 10.1. The van der Waals surface area contributed by atoms with E-state index in [1.807, 2.05) is 13.0 Å². The Labute approximate surface area is 105 Å². The Bertz CT molecular complexity index is 468. The molecule has 0 aliphatic heterocycles. The molecule has 0 fully saturated rings. The molecular formula is C12H15N3O3. The van der Waals surface area contributed by atoms with Crippen molar-refractivity contribution in [3.8, 4) is 6.07 Å². The highest BCUT2D eigenvalue weighted by Gasteiger charge is 2.17. The van der Waals surface area contributed by atoms with Gasteiger partial charge in [-0.15, -0.1) is 0 Å². The maximum atomic E-state index is 10.9. The Morgan fingerprint density at radius 2 is 2.33 bits per heavy atom. The van der Waals surface area contributed by atoms with Crippen LogP contribution in [0.25, 0.3) is 0 Å². The highest BCUT2D eigenvalue weighted by atomic mass is 16.6. The van der Waals surface area contributed by atoms with E-state index in [0.29, 0.717) is 12.1 Å². The molecule has 2 N–H and O–H groups in total. The van der Waals surface area contributed by atoms with Gasteiger partial charge in [0.05, 0.1) is 16.6 Å². The second-order valence-corrected chi connectivity index (χ2v) is 3.86. The van der Waals surface area contributed by atoms with Crippen LogP contribution in [0, 0.1) is 21.4 Å². The molecule has 0 saturated carbocycles. The van der Waals surface area contributed by atoms with Gasteiger partial charge in [-0.3, -0.25) is 10.1 Å². The van der Waals surface area contributed by atoms with Crippen LogP contribution in [-0.4, -0.2) is 22.7 Å². The third-order valence-electron chi connectivity index (χ3n) is 2.65. The third kappa shape index (κ3) is 3.43. The van der Waals surface area contributed by atoms with E-state index in [9.17, 15) is 10.1 Å². The SMILES string of the molecule is CCC(CCO)Nc1ccc(C#N)cc1[N+](=O)[O-]. The molecule has 0 aromatic heterocycles. The van der Waals surface area contributed by atoms with Gasteiger partial charge >= 0.3 is 0 Å². The Kier molecular flexibility index (Phi) is 5.08. The fourth-order valence-corrected chi connectivity index (χ4v) is 1.63. The first-order valence-electron chi connectivity index (χ1n) is 5.68. The number of anilines is 1. The second-order valence-electron chi connectivity index (χ2n) is 3.86. The molecule has 18 heavy (non-hydrogen) atoms. The van der Waals surface area contributed by atoms with Gasteiger partial charge in [0.2, 0.25) is 0 Å². The van der Waals surface area contributed by atoms with Gasteiger partial charge in [-0.25, -0.2) is 0 Å². The standard InChI is InChI=1S/C12H15N3O3/c1-2-10(5-6-16)14-11-4-3-9(8-13)7-12(11)15(17)18/h3-4,7,10,14,16H,2,5-6H2,1H3. The van der Waals surface area contributed by atoms with Gasteiger partial charge in [0, 0.05) is 18.7 Å². The maximum absolute atomic E-state index is 10.9. The summed E-state index contributed by atoms with van der Waals surface area (Å²) < 4.78 is 0. The smallest absolute Gasteiger partial charge is 0.293 e. The summed E-state index contributed by atoms with van der Waals surface area (Å²) in [7, 11) is 0. The molecule has 0 saturated heterocycles. The summed E-state index contributed by atoms with van der Waals surface area (Å²) in [4.78, 5) is 10.4. The predicted octanol–water partition coefficient (Wildman–Crippen LogP) is 2.04. The molecule has 1 unspecified atom stereocenters. The van der Waals surface area contributed by atoms with E-state index < -0.39 is 4.92 Å². The van der Waals surface area contributed by atoms with Crippen LogP contribution >= 0.6 is 0 Å². The fourth-order valence-electron chi connectivity index (χ4n) is 1.63. The van der Waals surface area contributed by atoms with E-state index in [1.165, 1.54) is 18.2 Å². The minimum atomic E-state index is -0.519. The molecule has 0 spiro atoms. The number of nitrogens with zero attached hydrogens (tertiary/aromatic N) is 2. The predicted molar refractivity (Wildman–Crippen MR) is 67.2 cm³/mol. The summed E-state index contributed by atoms with van der Waals surface area (Å²) in [6, 6.07) is 6.14. The second kappa shape index (κ2) is 6.57. The van der Waals surface area contributed by atoms with Crippen LogP contribution in [0.2, 0.25) is 0 Å². The average Bonchev–Trinajstić information content (AvgIpc) is 2.38. The zero-order valence-electron chi connectivity index (χ0n) is 10.1. The summed E-state index contributed by atoms with van der Waals surface area (Å²) in [5.41, 5.74) is 0.507. The molecule has 6 heteroatoms. The number of nitro groups is 1. The lowest BCUT2D eigenvalue weighted by Gasteiger charge is -2.17. The minimum Gasteiger partial charge on any atom is -0.396 e. The van der Waals surface area contributed by atoms with Crippen LogP contribution in [-0.2, 0) is 0 Å². The molecular weight excluding hydrogens is 234 g/mol. The molecule has 96 valence electrons.